The molecule has 1 atom stereocenters. The number of carboxylic acid groups (broad SMARTS) is 1. The van der Waals surface area contributed by atoms with Gasteiger partial charge in [0.15, 0.2) is 0 Å². The zero-order valence-corrected chi connectivity index (χ0v) is 7.86. The topological polar surface area (TPSA) is 60.9 Å². The molecule has 1 rings (SSSR count). The van der Waals surface area contributed by atoms with Crippen LogP contribution in [0.5, 0.6) is 0 Å². The van der Waals surface area contributed by atoms with Crippen LogP contribution in [0.25, 0.3) is 0 Å². The Morgan fingerprint density at radius 3 is 2.62 bits per heavy atom. The van der Waals surface area contributed by atoms with Gasteiger partial charge in [0.2, 0.25) is 0 Å². The van der Waals surface area contributed by atoms with Gasteiger partial charge in [-0.3, -0.25) is 4.79 Å². The van der Waals surface area contributed by atoms with Gasteiger partial charge < -0.3 is 14.9 Å². The largest absolute Gasteiger partial charge is 0.481 e. The highest BCUT2D eigenvalue weighted by molar-refractivity contribution is 5.77. The highest BCUT2D eigenvalue weighted by atomic mass is 16.4. The molecule has 1 saturated heterocycles. The summed E-state index contributed by atoms with van der Waals surface area (Å²) in [6.07, 6.45) is 0.0135. The fourth-order valence-electron chi connectivity index (χ4n) is 1.44. The van der Waals surface area contributed by atoms with Crippen molar-refractivity contribution in [3.63, 3.8) is 0 Å². The molecule has 0 aromatic carbocycles. The third-order valence-corrected chi connectivity index (χ3v) is 2.25. The van der Waals surface area contributed by atoms with Gasteiger partial charge in [-0.25, -0.2) is 4.79 Å². The number of hydrogen-bond donors (Lipinski definition) is 1. The van der Waals surface area contributed by atoms with Crippen molar-refractivity contribution in [3.05, 3.63) is 0 Å². The normalized spacial score (nSPS) is 19.4. The van der Waals surface area contributed by atoms with Crippen LogP contribution in [0.3, 0.4) is 0 Å². The average Bonchev–Trinajstić information content (AvgIpc) is 2.31. The number of urea groups is 1. The fraction of sp³-hybridized carbons (Fsp3) is 0.750. The second-order valence-corrected chi connectivity index (χ2v) is 3.34. The van der Waals surface area contributed by atoms with Crippen molar-refractivity contribution in [1.29, 1.82) is 0 Å². The Morgan fingerprint density at radius 2 is 2.23 bits per heavy atom. The quantitative estimate of drug-likeness (QED) is 0.685. The van der Waals surface area contributed by atoms with E-state index in [4.69, 9.17) is 5.11 Å². The van der Waals surface area contributed by atoms with Gasteiger partial charge in [-0.1, -0.05) is 0 Å². The van der Waals surface area contributed by atoms with E-state index in [0.717, 1.165) is 0 Å². The maximum atomic E-state index is 11.4. The summed E-state index contributed by atoms with van der Waals surface area (Å²) in [7, 11) is 1.72. The van der Waals surface area contributed by atoms with Crippen LogP contribution >= 0.6 is 0 Å². The average molecular weight is 186 g/mol. The lowest BCUT2D eigenvalue weighted by atomic mass is 10.2. The number of amides is 2. The number of nitrogens with zero attached hydrogens (tertiary/aromatic N) is 2. The monoisotopic (exact) mass is 186 g/mol. The van der Waals surface area contributed by atoms with Gasteiger partial charge in [0.25, 0.3) is 0 Å². The predicted molar refractivity (Wildman–Crippen MR) is 46.4 cm³/mol. The molecule has 0 spiro atoms. The van der Waals surface area contributed by atoms with Gasteiger partial charge in [0, 0.05) is 26.2 Å². The van der Waals surface area contributed by atoms with E-state index in [1.807, 2.05) is 0 Å². The van der Waals surface area contributed by atoms with E-state index in [0.29, 0.717) is 13.1 Å². The first kappa shape index (κ1) is 9.83. The highest BCUT2D eigenvalue weighted by Crippen LogP contribution is 2.12. The van der Waals surface area contributed by atoms with E-state index in [-0.39, 0.29) is 18.5 Å². The SMILES string of the molecule is CC(CC(=O)O)N1CCN(C)C1=O. The fourth-order valence-corrected chi connectivity index (χ4v) is 1.44. The summed E-state index contributed by atoms with van der Waals surface area (Å²) in [6.45, 7) is 3.07. The van der Waals surface area contributed by atoms with E-state index in [1.165, 1.54) is 0 Å². The molecule has 1 N–H and O–H groups in total. The second-order valence-electron chi connectivity index (χ2n) is 3.34. The van der Waals surface area contributed by atoms with Gasteiger partial charge in [0.1, 0.15) is 0 Å². The smallest absolute Gasteiger partial charge is 0.320 e. The Hall–Kier alpha value is -1.26. The predicted octanol–water partition coefficient (Wildman–Crippen LogP) is 0.217. The summed E-state index contributed by atoms with van der Waals surface area (Å²) in [5.41, 5.74) is 0. The molecule has 5 heteroatoms. The molecule has 5 nitrogen and oxygen atoms in total. The highest BCUT2D eigenvalue weighted by Gasteiger charge is 2.29. The van der Waals surface area contributed by atoms with Crippen LogP contribution < -0.4 is 0 Å². The first-order valence-corrected chi connectivity index (χ1v) is 4.26. The van der Waals surface area contributed by atoms with Crippen molar-refractivity contribution >= 4 is 12.0 Å². The molecule has 0 radical (unpaired) electrons. The standard InChI is InChI=1S/C8H14N2O3/c1-6(5-7(11)12)10-4-3-9(2)8(10)13/h6H,3-5H2,1-2H3,(H,11,12). The number of carboxylic acids is 1. The molecule has 0 aromatic rings. The number of rotatable bonds is 3. The van der Waals surface area contributed by atoms with Gasteiger partial charge >= 0.3 is 12.0 Å². The van der Waals surface area contributed by atoms with E-state index < -0.39 is 5.97 Å². The molecule has 13 heavy (non-hydrogen) atoms. The lowest BCUT2D eigenvalue weighted by molar-refractivity contribution is -0.137. The molecular weight excluding hydrogens is 172 g/mol. The first-order chi connectivity index (χ1) is 6.02. The Morgan fingerprint density at radius 1 is 1.62 bits per heavy atom. The van der Waals surface area contributed by atoms with Gasteiger partial charge in [-0.15, -0.1) is 0 Å². The maximum Gasteiger partial charge on any atom is 0.320 e. The molecule has 2 amide bonds. The molecule has 1 aliphatic heterocycles. The first-order valence-electron chi connectivity index (χ1n) is 4.26. The third kappa shape index (κ3) is 2.11. The maximum absolute atomic E-state index is 11.4. The van der Waals surface area contributed by atoms with Crippen LogP contribution in [0, 0.1) is 0 Å². The number of likely N-dealkylation sites (N-methyl/N-ethyl adjacent to an activating group) is 1. The van der Waals surface area contributed by atoms with Crippen molar-refractivity contribution in [2.24, 2.45) is 0 Å². The van der Waals surface area contributed by atoms with Gasteiger partial charge in [-0.2, -0.15) is 0 Å². The Bertz CT molecular complexity index is 229. The zero-order valence-electron chi connectivity index (χ0n) is 7.86. The number of hydrogen-bond acceptors (Lipinski definition) is 2. The molecule has 74 valence electrons. The molecule has 0 bridgehead atoms. The Labute approximate surface area is 76.9 Å². The summed E-state index contributed by atoms with van der Waals surface area (Å²) >= 11 is 0. The molecule has 0 aromatic heterocycles. The molecule has 1 unspecified atom stereocenters. The van der Waals surface area contributed by atoms with Gasteiger partial charge in [0.05, 0.1) is 6.42 Å². The van der Waals surface area contributed by atoms with E-state index in [2.05, 4.69) is 0 Å². The van der Waals surface area contributed by atoms with Crippen LogP contribution in [0.15, 0.2) is 0 Å². The summed E-state index contributed by atoms with van der Waals surface area (Å²) in [6, 6.07) is -0.288. The van der Waals surface area contributed by atoms with Crippen molar-refractivity contribution in [2.75, 3.05) is 20.1 Å². The summed E-state index contributed by atoms with van der Waals surface area (Å²) in [5.74, 6) is -0.866. The van der Waals surface area contributed by atoms with Crippen molar-refractivity contribution < 1.29 is 14.7 Å². The van der Waals surface area contributed by atoms with Crippen LogP contribution in [0.2, 0.25) is 0 Å². The Balaban J connectivity index is 2.53. The van der Waals surface area contributed by atoms with E-state index in [9.17, 15) is 9.59 Å². The van der Waals surface area contributed by atoms with E-state index >= 15 is 0 Å². The minimum atomic E-state index is -0.866. The molecule has 0 saturated carbocycles. The molecular formula is C8H14N2O3. The summed E-state index contributed by atoms with van der Waals surface area (Å²) < 4.78 is 0. The second kappa shape index (κ2) is 3.64. The minimum absolute atomic E-state index is 0.0135. The molecule has 1 fully saturated rings. The van der Waals surface area contributed by atoms with Crippen molar-refractivity contribution in [1.82, 2.24) is 9.80 Å². The van der Waals surface area contributed by atoms with Gasteiger partial charge in [-0.05, 0) is 6.92 Å². The van der Waals surface area contributed by atoms with Crippen LogP contribution in [0.4, 0.5) is 4.79 Å². The zero-order chi connectivity index (χ0) is 10.0. The molecule has 1 heterocycles. The van der Waals surface area contributed by atoms with Crippen LogP contribution in [0.1, 0.15) is 13.3 Å². The third-order valence-electron chi connectivity index (χ3n) is 2.25. The lowest BCUT2D eigenvalue weighted by Crippen LogP contribution is -2.37. The number of carbonyl (C=O) groups is 2. The van der Waals surface area contributed by atoms with Crippen molar-refractivity contribution in [3.8, 4) is 0 Å². The van der Waals surface area contributed by atoms with Crippen LogP contribution in [-0.4, -0.2) is 53.1 Å². The molecule has 1 aliphatic rings. The summed E-state index contributed by atoms with van der Waals surface area (Å²) in [5, 5.41) is 8.54. The van der Waals surface area contributed by atoms with Crippen LogP contribution in [-0.2, 0) is 4.79 Å². The minimum Gasteiger partial charge on any atom is -0.481 e. The molecule has 0 aliphatic carbocycles. The van der Waals surface area contributed by atoms with Crippen molar-refractivity contribution in [2.45, 2.75) is 19.4 Å². The lowest BCUT2D eigenvalue weighted by Gasteiger charge is -2.22. The van der Waals surface area contributed by atoms with E-state index in [1.54, 1.807) is 23.8 Å². The summed E-state index contributed by atoms with van der Waals surface area (Å²) in [4.78, 5) is 25.0. The Kier molecular flexibility index (Phi) is 2.75. The number of carbonyl (C=O) groups excluding carboxylic acids is 1. The number of aliphatic carboxylic acids is 1.